The van der Waals surface area contributed by atoms with Crippen LogP contribution in [0, 0.1) is 0 Å². The van der Waals surface area contributed by atoms with E-state index < -0.39 is 5.91 Å². The fraction of sp³-hybridized carbons (Fsp3) is 0.0909. The Balaban J connectivity index is 1.66. The van der Waals surface area contributed by atoms with Gasteiger partial charge in [-0.2, -0.15) is 0 Å². The zero-order valence-electron chi connectivity index (χ0n) is 15.5. The topological polar surface area (TPSA) is 88.9 Å². The zero-order chi connectivity index (χ0) is 20.2. The van der Waals surface area contributed by atoms with E-state index in [-0.39, 0.29) is 23.7 Å². The Morgan fingerprint density at radius 3 is 2.45 bits per heavy atom. The van der Waals surface area contributed by atoms with E-state index >= 15 is 0 Å². The van der Waals surface area contributed by atoms with Crippen molar-refractivity contribution in [2.24, 2.45) is 10.2 Å². The Labute approximate surface area is 166 Å². The van der Waals surface area contributed by atoms with Crippen LogP contribution in [0.5, 0.6) is 5.88 Å². The number of carbonyl (C=O) groups excluding carboxylic acids is 1. The van der Waals surface area contributed by atoms with Gasteiger partial charge in [-0.1, -0.05) is 54.6 Å². The standard InChI is InChI=1S/C22H18N4O3/c27-19(15-25-13-7-6-12-20(25)28)23-24-21-17-10-4-5-11-18(17)26(22(21)29)14-16-8-2-1-3-9-16/h1-13,29H,14-15H2. The lowest BCUT2D eigenvalue weighted by Crippen LogP contribution is -2.21. The van der Waals surface area contributed by atoms with Gasteiger partial charge in [0.25, 0.3) is 11.5 Å². The Morgan fingerprint density at radius 1 is 0.931 bits per heavy atom. The minimum Gasteiger partial charge on any atom is -0.493 e. The van der Waals surface area contributed by atoms with Crippen LogP contribution in [0.3, 0.4) is 0 Å². The van der Waals surface area contributed by atoms with Crippen molar-refractivity contribution < 1.29 is 9.90 Å². The molecule has 0 aliphatic rings. The van der Waals surface area contributed by atoms with E-state index in [1.165, 1.54) is 16.8 Å². The minimum absolute atomic E-state index is 0.0662. The van der Waals surface area contributed by atoms with E-state index in [0.29, 0.717) is 11.9 Å². The summed E-state index contributed by atoms with van der Waals surface area (Å²) in [7, 11) is 0. The number of aromatic nitrogens is 2. The molecule has 2 heterocycles. The van der Waals surface area contributed by atoms with E-state index in [4.69, 9.17) is 0 Å². The van der Waals surface area contributed by atoms with Gasteiger partial charge in [-0.05, 0) is 17.7 Å². The van der Waals surface area contributed by atoms with Crippen molar-refractivity contribution in [3.63, 3.8) is 0 Å². The van der Waals surface area contributed by atoms with Crippen molar-refractivity contribution in [1.29, 1.82) is 0 Å². The molecule has 144 valence electrons. The molecule has 1 N–H and O–H groups in total. The van der Waals surface area contributed by atoms with Gasteiger partial charge in [0, 0.05) is 17.6 Å². The highest BCUT2D eigenvalue weighted by molar-refractivity contribution is 5.95. The maximum atomic E-state index is 12.2. The van der Waals surface area contributed by atoms with Crippen molar-refractivity contribution in [3.8, 4) is 5.88 Å². The lowest BCUT2D eigenvalue weighted by Gasteiger charge is -2.06. The molecule has 0 atom stereocenters. The molecule has 0 unspecified atom stereocenters. The van der Waals surface area contributed by atoms with Crippen molar-refractivity contribution >= 4 is 22.5 Å². The van der Waals surface area contributed by atoms with Gasteiger partial charge in [-0.3, -0.25) is 9.59 Å². The monoisotopic (exact) mass is 386 g/mol. The number of azo groups is 1. The Hall–Kier alpha value is -4.00. The Morgan fingerprint density at radius 2 is 1.66 bits per heavy atom. The highest BCUT2D eigenvalue weighted by Gasteiger charge is 2.17. The molecule has 2 aromatic carbocycles. The summed E-state index contributed by atoms with van der Waals surface area (Å²) in [6.07, 6.45) is 1.51. The van der Waals surface area contributed by atoms with Crippen LogP contribution in [-0.2, 0) is 17.9 Å². The number of fused-ring (bicyclic) bond motifs is 1. The van der Waals surface area contributed by atoms with Gasteiger partial charge in [-0.15, -0.1) is 10.2 Å². The van der Waals surface area contributed by atoms with E-state index in [1.54, 1.807) is 16.7 Å². The maximum Gasteiger partial charge on any atom is 0.284 e. The number of aromatic hydroxyl groups is 1. The molecule has 0 aliphatic carbocycles. The van der Waals surface area contributed by atoms with Crippen LogP contribution in [0.4, 0.5) is 5.69 Å². The number of pyridine rings is 1. The first-order valence-electron chi connectivity index (χ1n) is 9.07. The van der Waals surface area contributed by atoms with Gasteiger partial charge >= 0.3 is 0 Å². The van der Waals surface area contributed by atoms with Gasteiger partial charge in [0.2, 0.25) is 5.88 Å². The predicted octanol–water partition coefficient (Wildman–Crippen LogP) is 3.87. The fourth-order valence-electron chi connectivity index (χ4n) is 3.17. The summed E-state index contributed by atoms with van der Waals surface area (Å²) in [4.78, 5) is 23.9. The molecular weight excluding hydrogens is 368 g/mol. The van der Waals surface area contributed by atoms with Crippen molar-refractivity contribution in [3.05, 3.63) is 94.9 Å². The molecule has 0 aliphatic heterocycles. The quantitative estimate of drug-likeness (QED) is 0.528. The van der Waals surface area contributed by atoms with E-state index in [0.717, 1.165) is 11.1 Å². The van der Waals surface area contributed by atoms with Gasteiger partial charge in [-0.25, -0.2) is 0 Å². The average molecular weight is 386 g/mol. The number of hydrogen-bond donors (Lipinski definition) is 1. The second-order valence-electron chi connectivity index (χ2n) is 6.52. The fourth-order valence-corrected chi connectivity index (χ4v) is 3.17. The van der Waals surface area contributed by atoms with Crippen LogP contribution in [0.25, 0.3) is 10.9 Å². The van der Waals surface area contributed by atoms with Crippen LogP contribution in [0.2, 0.25) is 0 Å². The average Bonchev–Trinajstić information content (AvgIpc) is 3.00. The number of carbonyl (C=O) groups is 1. The first kappa shape index (κ1) is 18.4. The van der Waals surface area contributed by atoms with Crippen LogP contribution >= 0.6 is 0 Å². The lowest BCUT2D eigenvalue weighted by atomic mass is 10.2. The summed E-state index contributed by atoms with van der Waals surface area (Å²) in [5.41, 5.74) is 1.74. The van der Waals surface area contributed by atoms with Gasteiger partial charge < -0.3 is 14.2 Å². The number of rotatable bonds is 5. The number of amides is 1. The SMILES string of the molecule is O=C(Cn1ccccc1=O)N=Nc1c(O)n(Cc2ccccc2)c2ccccc12. The highest BCUT2D eigenvalue weighted by Crippen LogP contribution is 2.39. The van der Waals surface area contributed by atoms with Gasteiger partial charge in [0.15, 0.2) is 5.69 Å². The normalized spacial score (nSPS) is 11.3. The number of para-hydroxylation sites is 1. The Kier molecular flexibility index (Phi) is 5.03. The third-order valence-electron chi connectivity index (χ3n) is 4.57. The molecule has 0 radical (unpaired) electrons. The summed E-state index contributed by atoms with van der Waals surface area (Å²) < 4.78 is 2.98. The second kappa shape index (κ2) is 7.93. The predicted molar refractivity (Wildman–Crippen MR) is 109 cm³/mol. The number of hydrogen-bond acceptors (Lipinski definition) is 4. The third-order valence-corrected chi connectivity index (χ3v) is 4.57. The largest absolute Gasteiger partial charge is 0.493 e. The van der Waals surface area contributed by atoms with Gasteiger partial charge in [0.1, 0.15) is 6.54 Å². The van der Waals surface area contributed by atoms with Crippen LogP contribution in [-0.4, -0.2) is 20.1 Å². The molecule has 4 rings (SSSR count). The molecule has 0 saturated carbocycles. The summed E-state index contributed by atoms with van der Waals surface area (Å²) in [6.45, 7) is 0.239. The molecule has 2 aromatic heterocycles. The summed E-state index contributed by atoms with van der Waals surface area (Å²) in [5, 5.41) is 19.2. The summed E-state index contributed by atoms with van der Waals surface area (Å²) in [6, 6.07) is 21.8. The van der Waals surface area contributed by atoms with E-state index in [1.807, 2.05) is 54.6 Å². The molecule has 0 bridgehead atoms. The first-order chi connectivity index (χ1) is 14.1. The summed E-state index contributed by atoms with van der Waals surface area (Å²) in [5.74, 6) is -0.652. The molecule has 7 nitrogen and oxygen atoms in total. The van der Waals surface area contributed by atoms with Crippen LogP contribution < -0.4 is 5.56 Å². The van der Waals surface area contributed by atoms with E-state index in [9.17, 15) is 14.7 Å². The van der Waals surface area contributed by atoms with Crippen molar-refractivity contribution in [1.82, 2.24) is 9.13 Å². The van der Waals surface area contributed by atoms with Crippen molar-refractivity contribution in [2.75, 3.05) is 0 Å². The van der Waals surface area contributed by atoms with Crippen molar-refractivity contribution in [2.45, 2.75) is 13.1 Å². The minimum atomic E-state index is -0.586. The van der Waals surface area contributed by atoms with Gasteiger partial charge in [0.05, 0.1) is 12.1 Å². The zero-order valence-corrected chi connectivity index (χ0v) is 15.5. The van der Waals surface area contributed by atoms with E-state index in [2.05, 4.69) is 10.2 Å². The molecule has 0 fully saturated rings. The molecular formula is C22H18N4O3. The molecule has 1 amide bonds. The molecule has 0 saturated heterocycles. The number of nitrogens with zero attached hydrogens (tertiary/aromatic N) is 4. The molecule has 7 heteroatoms. The molecule has 29 heavy (non-hydrogen) atoms. The number of benzene rings is 2. The lowest BCUT2D eigenvalue weighted by molar-refractivity contribution is -0.118. The van der Waals surface area contributed by atoms with Crippen LogP contribution in [0.15, 0.2) is 94.0 Å². The maximum absolute atomic E-state index is 12.2. The molecule has 4 aromatic rings. The van der Waals surface area contributed by atoms with Crippen LogP contribution in [0.1, 0.15) is 5.56 Å². The Bertz CT molecular complexity index is 1260. The smallest absolute Gasteiger partial charge is 0.284 e. The first-order valence-corrected chi connectivity index (χ1v) is 9.07. The third kappa shape index (κ3) is 3.84. The summed E-state index contributed by atoms with van der Waals surface area (Å²) >= 11 is 0. The highest BCUT2D eigenvalue weighted by atomic mass is 16.3. The molecule has 0 spiro atoms. The second-order valence-corrected chi connectivity index (χ2v) is 6.52.